The zero-order valence-corrected chi connectivity index (χ0v) is 17.2. The van der Waals surface area contributed by atoms with E-state index in [9.17, 15) is 14.4 Å². The predicted octanol–water partition coefficient (Wildman–Crippen LogP) is 3.49. The van der Waals surface area contributed by atoms with Gasteiger partial charge in [-0.25, -0.2) is 4.79 Å². The van der Waals surface area contributed by atoms with Gasteiger partial charge in [-0.1, -0.05) is 18.2 Å². The number of hydroxylamine groups is 2. The third kappa shape index (κ3) is 4.37. The molecular weight excluding hydrogens is 398 g/mol. The number of benzene rings is 2. The maximum atomic E-state index is 12.1. The molecule has 0 bridgehead atoms. The summed E-state index contributed by atoms with van der Waals surface area (Å²) in [6.45, 7) is 0.452. The van der Waals surface area contributed by atoms with Gasteiger partial charge in [0.05, 0.1) is 24.2 Å². The maximum absolute atomic E-state index is 12.1. The Morgan fingerprint density at radius 1 is 1.03 bits per heavy atom. The number of nitrogens with zero attached hydrogens (tertiary/aromatic N) is 2. The van der Waals surface area contributed by atoms with Crippen molar-refractivity contribution in [2.45, 2.75) is 19.3 Å². The lowest BCUT2D eigenvalue weighted by Gasteiger charge is -2.34. The molecule has 0 unspecified atom stereocenters. The van der Waals surface area contributed by atoms with Crippen molar-refractivity contribution < 1.29 is 24.0 Å². The van der Waals surface area contributed by atoms with Crippen LogP contribution < -0.4 is 15.0 Å². The van der Waals surface area contributed by atoms with Crippen molar-refractivity contribution in [3.05, 3.63) is 54.6 Å². The standard InChI is InChI=1S/C23H23N3O5/c1-30-20-10-6-9-19-23(20)24-17-7-2-3-8-18(17)25(19)14-5-4-11-22(29)31-26-15-16(27)12-13-21(26)28/h2-3,6-10,12-13,24H,4-5,11,14-15H2,1H3. The van der Waals surface area contributed by atoms with Crippen LogP contribution in [0.3, 0.4) is 0 Å². The van der Waals surface area contributed by atoms with E-state index in [-0.39, 0.29) is 18.7 Å². The highest BCUT2D eigenvalue weighted by atomic mass is 16.7. The molecule has 0 saturated heterocycles. The normalized spacial score (nSPS) is 14.6. The minimum absolute atomic E-state index is 0.153. The van der Waals surface area contributed by atoms with Crippen molar-refractivity contribution in [1.29, 1.82) is 0 Å². The van der Waals surface area contributed by atoms with E-state index in [2.05, 4.69) is 10.2 Å². The molecule has 4 rings (SSSR count). The molecule has 0 saturated carbocycles. The number of methoxy groups -OCH3 is 1. The number of para-hydroxylation sites is 3. The Balaban J connectivity index is 1.38. The van der Waals surface area contributed by atoms with Gasteiger partial charge in [0.1, 0.15) is 18.0 Å². The largest absolute Gasteiger partial charge is 0.494 e. The van der Waals surface area contributed by atoms with Gasteiger partial charge < -0.3 is 19.8 Å². The molecule has 2 aromatic rings. The highest BCUT2D eigenvalue weighted by molar-refractivity contribution is 6.04. The van der Waals surface area contributed by atoms with Gasteiger partial charge in [-0.3, -0.25) is 9.59 Å². The van der Waals surface area contributed by atoms with Crippen LogP contribution in [-0.4, -0.2) is 42.9 Å². The summed E-state index contributed by atoms with van der Waals surface area (Å²) in [6.07, 6.45) is 3.75. The number of amides is 1. The van der Waals surface area contributed by atoms with Crippen LogP contribution in [-0.2, 0) is 19.2 Å². The van der Waals surface area contributed by atoms with E-state index in [1.807, 2.05) is 42.5 Å². The van der Waals surface area contributed by atoms with Crippen LogP contribution in [0.4, 0.5) is 22.7 Å². The zero-order chi connectivity index (χ0) is 21.8. The summed E-state index contributed by atoms with van der Waals surface area (Å²) < 4.78 is 5.51. The van der Waals surface area contributed by atoms with Gasteiger partial charge in [0.2, 0.25) is 0 Å². The Kier molecular flexibility index (Phi) is 5.88. The third-order valence-electron chi connectivity index (χ3n) is 5.15. The van der Waals surface area contributed by atoms with Crippen molar-refractivity contribution >= 4 is 40.4 Å². The van der Waals surface area contributed by atoms with Crippen LogP contribution in [0.1, 0.15) is 19.3 Å². The number of rotatable bonds is 7. The lowest BCUT2D eigenvalue weighted by Crippen LogP contribution is -2.38. The van der Waals surface area contributed by atoms with Gasteiger partial charge in [0, 0.05) is 19.0 Å². The lowest BCUT2D eigenvalue weighted by molar-refractivity contribution is -0.196. The maximum Gasteiger partial charge on any atom is 0.332 e. The smallest absolute Gasteiger partial charge is 0.332 e. The monoisotopic (exact) mass is 421 g/mol. The first-order chi connectivity index (χ1) is 15.1. The van der Waals surface area contributed by atoms with Crippen LogP contribution in [0, 0.1) is 0 Å². The number of carbonyl (C=O) groups excluding carboxylic acids is 3. The van der Waals surface area contributed by atoms with Gasteiger partial charge in [-0.2, -0.15) is 5.06 Å². The van der Waals surface area contributed by atoms with Gasteiger partial charge in [-0.05, 0) is 43.2 Å². The number of hydrogen-bond acceptors (Lipinski definition) is 7. The van der Waals surface area contributed by atoms with E-state index in [1.165, 1.54) is 6.08 Å². The van der Waals surface area contributed by atoms with Gasteiger partial charge in [0.15, 0.2) is 5.78 Å². The minimum Gasteiger partial charge on any atom is -0.494 e. The highest BCUT2D eigenvalue weighted by Crippen LogP contribution is 2.47. The van der Waals surface area contributed by atoms with E-state index in [0.29, 0.717) is 13.0 Å². The van der Waals surface area contributed by atoms with E-state index in [1.54, 1.807) is 7.11 Å². The van der Waals surface area contributed by atoms with Crippen molar-refractivity contribution in [2.75, 3.05) is 30.4 Å². The molecule has 31 heavy (non-hydrogen) atoms. The first-order valence-corrected chi connectivity index (χ1v) is 10.1. The molecule has 2 aromatic carbocycles. The first kappa shape index (κ1) is 20.5. The predicted molar refractivity (Wildman–Crippen MR) is 116 cm³/mol. The minimum atomic E-state index is -0.528. The molecule has 1 N–H and O–H groups in total. The third-order valence-corrected chi connectivity index (χ3v) is 5.15. The average Bonchev–Trinajstić information content (AvgIpc) is 2.78. The van der Waals surface area contributed by atoms with E-state index >= 15 is 0 Å². The van der Waals surface area contributed by atoms with Gasteiger partial charge in [0.25, 0.3) is 5.91 Å². The molecular formula is C23H23N3O5. The van der Waals surface area contributed by atoms with Gasteiger partial charge >= 0.3 is 5.97 Å². The number of fused-ring (bicyclic) bond motifs is 2. The second kappa shape index (κ2) is 8.91. The molecule has 8 nitrogen and oxygen atoms in total. The Morgan fingerprint density at radius 2 is 1.84 bits per heavy atom. The number of unbranched alkanes of at least 4 members (excludes halogenated alkanes) is 1. The number of anilines is 4. The molecule has 2 aliphatic heterocycles. The fourth-order valence-electron chi connectivity index (χ4n) is 3.66. The van der Waals surface area contributed by atoms with E-state index in [0.717, 1.165) is 46.1 Å². The Labute approximate surface area is 180 Å². The van der Waals surface area contributed by atoms with Crippen molar-refractivity contribution in [3.8, 4) is 5.75 Å². The van der Waals surface area contributed by atoms with Gasteiger partial charge in [-0.15, -0.1) is 0 Å². The molecule has 2 aliphatic rings. The molecule has 160 valence electrons. The number of ether oxygens (including phenoxy) is 1. The topological polar surface area (TPSA) is 88.2 Å². The Morgan fingerprint density at radius 3 is 2.68 bits per heavy atom. The summed E-state index contributed by atoms with van der Waals surface area (Å²) >= 11 is 0. The van der Waals surface area contributed by atoms with E-state index < -0.39 is 11.9 Å². The number of ketones is 1. The molecule has 0 aromatic heterocycles. The van der Waals surface area contributed by atoms with Crippen LogP contribution in [0.5, 0.6) is 5.75 Å². The summed E-state index contributed by atoms with van der Waals surface area (Å²) in [4.78, 5) is 42.4. The Bertz CT molecular complexity index is 1050. The SMILES string of the molecule is COc1cccc2c1Nc1ccccc1N2CCCCC(=O)ON1CC(=O)C=CC1=O. The summed E-state index contributed by atoms with van der Waals surface area (Å²) in [5, 5.41) is 4.25. The highest BCUT2D eigenvalue weighted by Gasteiger charge is 2.25. The van der Waals surface area contributed by atoms with Crippen LogP contribution >= 0.6 is 0 Å². The van der Waals surface area contributed by atoms with Crippen LogP contribution in [0.2, 0.25) is 0 Å². The van der Waals surface area contributed by atoms with Crippen LogP contribution in [0.25, 0.3) is 0 Å². The second-order valence-corrected chi connectivity index (χ2v) is 7.24. The van der Waals surface area contributed by atoms with Crippen molar-refractivity contribution in [1.82, 2.24) is 5.06 Å². The Hall–Kier alpha value is -3.81. The first-order valence-electron chi connectivity index (χ1n) is 10.1. The van der Waals surface area contributed by atoms with Crippen LogP contribution in [0.15, 0.2) is 54.6 Å². The lowest BCUT2D eigenvalue weighted by atomic mass is 10.1. The molecule has 0 radical (unpaired) electrons. The fourth-order valence-corrected chi connectivity index (χ4v) is 3.66. The zero-order valence-electron chi connectivity index (χ0n) is 17.2. The number of nitrogens with one attached hydrogen (secondary N) is 1. The molecule has 8 heteroatoms. The summed E-state index contributed by atoms with van der Waals surface area (Å²) in [5.41, 5.74) is 3.95. The fraction of sp³-hybridized carbons (Fsp3) is 0.261. The van der Waals surface area contributed by atoms with E-state index in [4.69, 9.17) is 9.57 Å². The summed E-state index contributed by atoms with van der Waals surface area (Å²) in [7, 11) is 1.64. The molecule has 1 amide bonds. The number of carbonyl (C=O) groups is 3. The summed E-state index contributed by atoms with van der Waals surface area (Å²) in [6, 6.07) is 13.9. The molecule has 0 aliphatic carbocycles. The molecule has 2 heterocycles. The molecule has 0 fully saturated rings. The number of hydrogen-bond donors (Lipinski definition) is 1. The summed E-state index contributed by atoms with van der Waals surface area (Å²) in [5.74, 6) is -0.551. The average molecular weight is 421 g/mol. The van der Waals surface area contributed by atoms with Crippen molar-refractivity contribution in [2.24, 2.45) is 0 Å². The second-order valence-electron chi connectivity index (χ2n) is 7.24. The molecule has 0 atom stereocenters. The quantitative estimate of drug-likeness (QED) is 0.685. The molecule has 0 spiro atoms. The van der Waals surface area contributed by atoms with Crippen molar-refractivity contribution in [3.63, 3.8) is 0 Å².